The van der Waals surface area contributed by atoms with Gasteiger partial charge >= 0.3 is 5.69 Å². The minimum Gasteiger partial charge on any atom is -0.381 e. The summed E-state index contributed by atoms with van der Waals surface area (Å²) < 4.78 is 4.94. The molecular weight excluding hydrogens is 381 g/mol. The molecule has 0 fully saturated rings. The second kappa shape index (κ2) is 6.45. The average molecular weight is 391 g/mol. The third-order valence-electron chi connectivity index (χ3n) is 2.47. The summed E-state index contributed by atoms with van der Waals surface area (Å²) in [7, 11) is 0. The Labute approximate surface area is 126 Å². The van der Waals surface area contributed by atoms with Gasteiger partial charge in [-0.05, 0) is 16.4 Å². The van der Waals surface area contributed by atoms with E-state index >= 15 is 0 Å². The summed E-state index contributed by atoms with van der Waals surface area (Å²) in [5.74, 6) is -0.0515. The molecule has 10 heteroatoms. The summed E-state index contributed by atoms with van der Waals surface area (Å²) in [6.45, 7) is 0.897. The fourth-order valence-corrected chi connectivity index (χ4v) is 1.86. The van der Waals surface area contributed by atoms with Crippen molar-refractivity contribution in [1.82, 2.24) is 15.6 Å². The predicted octanol–water partition coefficient (Wildman–Crippen LogP) is 1.09. The summed E-state index contributed by atoms with van der Waals surface area (Å²) in [5, 5.41) is 23.7. The highest BCUT2D eigenvalue weighted by Gasteiger charge is 2.19. The van der Waals surface area contributed by atoms with E-state index in [1.807, 2.05) is 22.6 Å². The zero-order valence-electron chi connectivity index (χ0n) is 10.1. The van der Waals surface area contributed by atoms with Crippen molar-refractivity contribution >= 4 is 50.9 Å². The Kier molecular flexibility index (Phi) is 4.65. The van der Waals surface area contributed by atoms with E-state index in [-0.39, 0.29) is 17.1 Å². The maximum atomic E-state index is 11.1. The Morgan fingerprint density at radius 3 is 2.80 bits per heavy atom. The van der Waals surface area contributed by atoms with Crippen LogP contribution in [0.3, 0.4) is 0 Å². The zero-order chi connectivity index (χ0) is 14.5. The third-order valence-corrected chi connectivity index (χ3v) is 3.17. The Bertz CT molecular complexity index is 644. The number of fused-ring (bicyclic) bond motifs is 1. The van der Waals surface area contributed by atoms with Gasteiger partial charge in [-0.1, -0.05) is 22.6 Å². The van der Waals surface area contributed by atoms with E-state index in [1.165, 1.54) is 12.1 Å². The maximum absolute atomic E-state index is 11.1. The summed E-state index contributed by atoms with van der Waals surface area (Å²) in [6.07, 6.45) is 0. The lowest BCUT2D eigenvalue weighted by atomic mass is 10.2. The van der Waals surface area contributed by atoms with Gasteiger partial charge in [-0.15, -0.1) is 0 Å². The molecular formula is C10H10IN5O4. The number of benzene rings is 1. The second-order valence-electron chi connectivity index (χ2n) is 3.76. The molecule has 2 N–H and O–H groups in total. The van der Waals surface area contributed by atoms with Crippen LogP contribution in [0.1, 0.15) is 0 Å². The van der Waals surface area contributed by atoms with Crippen LogP contribution in [0, 0.1) is 10.1 Å². The van der Waals surface area contributed by atoms with E-state index in [9.17, 15) is 14.9 Å². The zero-order valence-corrected chi connectivity index (χ0v) is 12.3. The highest BCUT2D eigenvalue weighted by molar-refractivity contribution is 14.1. The number of rotatable bonds is 6. The standard InChI is InChI=1S/C10H10IN5O4/c11-5-8(17)13-4-3-12-6-1-2-7(16(18)19)10-9(6)14-20-15-10/h1-2,12H,3-5H2,(H,13,17). The molecule has 0 saturated carbocycles. The molecule has 106 valence electrons. The largest absolute Gasteiger partial charge is 0.381 e. The van der Waals surface area contributed by atoms with Crippen LogP contribution in [0.2, 0.25) is 0 Å². The fraction of sp³-hybridized carbons (Fsp3) is 0.300. The first-order valence-corrected chi connectivity index (χ1v) is 7.12. The van der Waals surface area contributed by atoms with Gasteiger partial charge < -0.3 is 10.6 Å². The van der Waals surface area contributed by atoms with Crippen molar-refractivity contribution in [3.8, 4) is 0 Å². The number of amides is 1. The molecule has 2 rings (SSSR count). The number of aromatic nitrogens is 2. The van der Waals surface area contributed by atoms with Crippen molar-refractivity contribution in [2.24, 2.45) is 0 Å². The highest BCUT2D eigenvalue weighted by atomic mass is 127. The van der Waals surface area contributed by atoms with Crippen LogP contribution in [0.5, 0.6) is 0 Å². The molecule has 0 radical (unpaired) electrons. The smallest absolute Gasteiger partial charge is 0.300 e. The number of hydrogen-bond donors (Lipinski definition) is 2. The van der Waals surface area contributed by atoms with Crippen molar-refractivity contribution in [3.05, 3.63) is 22.2 Å². The first-order valence-electron chi connectivity index (χ1n) is 5.59. The van der Waals surface area contributed by atoms with E-state index in [0.717, 1.165) is 0 Å². The number of carbonyl (C=O) groups is 1. The van der Waals surface area contributed by atoms with Gasteiger partial charge in [0.15, 0.2) is 5.52 Å². The third kappa shape index (κ3) is 3.12. The van der Waals surface area contributed by atoms with Crippen molar-refractivity contribution in [1.29, 1.82) is 0 Å². The Hall–Kier alpha value is -1.98. The second-order valence-corrected chi connectivity index (χ2v) is 4.52. The van der Waals surface area contributed by atoms with Gasteiger partial charge in [0.2, 0.25) is 11.4 Å². The van der Waals surface area contributed by atoms with Crippen LogP contribution in [0.25, 0.3) is 11.0 Å². The molecule has 0 spiro atoms. The Morgan fingerprint density at radius 1 is 1.35 bits per heavy atom. The Balaban J connectivity index is 2.08. The normalized spacial score (nSPS) is 10.4. The molecule has 0 unspecified atom stereocenters. The van der Waals surface area contributed by atoms with Crippen LogP contribution in [-0.2, 0) is 4.79 Å². The van der Waals surface area contributed by atoms with Gasteiger partial charge in [0.25, 0.3) is 0 Å². The van der Waals surface area contributed by atoms with Gasteiger partial charge in [-0.25, -0.2) is 4.63 Å². The van der Waals surface area contributed by atoms with Gasteiger partial charge in [0, 0.05) is 19.2 Å². The monoisotopic (exact) mass is 391 g/mol. The predicted molar refractivity (Wildman–Crippen MR) is 78.8 cm³/mol. The minimum absolute atomic E-state index is 0.0515. The molecule has 1 aromatic heterocycles. The topological polar surface area (TPSA) is 123 Å². The number of alkyl halides is 1. The number of carbonyl (C=O) groups excluding carboxylic acids is 1. The molecule has 0 bridgehead atoms. The quantitative estimate of drug-likeness (QED) is 0.249. The molecule has 0 aliphatic heterocycles. The van der Waals surface area contributed by atoms with Gasteiger partial charge in [-0.2, -0.15) is 0 Å². The van der Waals surface area contributed by atoms with Crippen molar-refractivity contribution in [2.75, 3.05) is 22.8 Å². The Morgan fingerprint density at radius 2 is 2.10 bits per heavy atom. The average Bonchev–Trinajstić information content (AvgIpc) is 2.92. The van der Waals surface area contributed by atoms with Crippen molar-refractivity contribution in [3.63, 3.8) is 0 Å². The number of hydrogen-bond acceptors (Lipinski definition) is 7. The highest BCUT2D eigenvalue weighted by Crippen LogP contribution is 2.28. The number of nitro groups is 1. The van der Waals surface area contributed by atoms with Crippen LogP contribution in [0.15, 0.2) is 16.8 Å². The number of nitrogens with one attached hydrogen (secondary N) is 2. The maximum Gasteiger partial charge on any atom is 0.300 e. The molecule has 0 atom stereocenters. The lowest BCUT2D eigenvalue weighted by molar-refractivity contribution is -0.383. The molecule has 20 heavy (non-hydrogen) atoms. The lowest BCUT2D eigenvalue weighted by Gasteiger charge is -2.07. The van der Waals surface area contributed by atoms with Crippen LogP contribution in [-0.4, -0.2) is 38.7 Å². The molecule has 0 saturated heterocycles. The summed E-state index contributed by atoms with van der Waals surface area (Å²) in [5.41, 5.74) is 0.788. The molecule has 1 aromatic carbocycles. The first-order chi connectivity index (χ1) is 9.63. The summed E-state index contributed by atoms with van der Waals surface area (Å²) in [4.78, 5) is 21.3. The number of anilines is 1. The van der Waals surface area contributed by atoms with Gasteiger partial charge in [-0.3, -0.25) is 14.9 Å². The van der Waals surface area contributed by atoms with Gasteiger partial charge in [0.1, 0.15) is 0 Å². The van der Waals surface area contributed by atoms with Gasteiger partial charge in [0.05, 0.1) is 15.0 Å². The van der Waals surface area contributed by atoms with Crippen molar-refractivity contribution in [2.45, 2.75) is 0 Å². The molecule has 9 nitrogen and oxygen atoms in total. The molecule has 0 aliphatic rings. The van der Waals surface area contributed by atoms with E-state index < -0.39 is 4.92 Å². The number of nitrogens with zero attached hydrogens (tertiary/aromatic N) is 3. The lowest BCUT2D eigenvalue weighted by Crippen LogP contribution is -2.29. The van der Waals surface area contributed by atoms with Crippen LogP contribution >= 0.6 is 22.6 Å². The molecule has 2 aromatic rings. The first kappa shape index (κ1) is 14.4. The fourth-order valence-electron chi connectivity index (χ4n) is 1.59. The van der Waals surface area contributed by atoms with E-state index in [2.05, 4.69) is 25.6 Å². The van der Waals surface area contributed by atoms with Crippen LogP contribution < -0.4 is 10.6 Å². The van der Waals surface area contributed by atoms with Crippen molar-refractivity contribution < 1.29 is 14.3 Å². The summed E-state index contributed by atoms with van der Waals surface area (Å²) in [6, 6.07) is 2.86. The van der Waals surface area contributed by atoms with E-state index in [4.69, 9.17) is 0 Å². The van der Waals surface area contributed by atoms with Crippen LogP contribution in [0.4, 0.5) is 11.4 Å². The summed E-state index contributed by atoms with van der Waals surface area (Å²) >= 11 is 1.97. The molecule has 1 amide bonds. The SMILES string of the molecule is O=C(CI)NCCNc1ccc([N+](=O)[O-])c2nonc12. The molecule has 1 heterocycles. The minimum atomic E-state index is -0.545. The molecule has 0 aliphatic carbocycles. The number of non-ortho nitro benzene ring substituents is 1. The number of nitro benzene ring substituents is 1. The van der Waals surface area contributed by atoms with E-state index in [1.54, 1.807) is 0 Å². The number of halogens is 1. The van der Waals surface area contributed by atoms with E-state index in [0.29, 0.717) is 28.7 Å².